The predicted octanol–water partition coefficient (Wildman–Crippen LogP) is 1.52. The number of rotatable bonds is 12. The third-order valence-corrected chi connectivity index (χ3v) is 4.05. The van der Waals surface area contributed by atoms with Crippen molar-refractivity contribution in [2.75, 3.05) is 32.8 Å². The molecule has 2 aromatic carbocycles. The lowest BCUT2D eigenvalue weighted by Gasteiger charge is -2.13. The van der Waals surface area contributed by atoms with E-state index < -0.39 is 0 Å². The summed E-state index contributed by atoms with van der Waals surface area (Å²) in [7, 11) is 0. The van der Waals surface area contributed by atoms with Crippen LogP contribution in [0.25, 0.3) is 5.69 Å². The van der Waals surface area contributed by atoms with E-state index in [0.717, 1.165) is 24.3 Å². The van der Waals surface area contributed by atoms with Gasteiger partial charge in [0.1, 0.15) is 0 Å². The maximum Gasteiger partial charge on any atom is 0.346 e. The van der Waals surface area contributed by atoms with E-state index in [1.165, 1.54) is 4.68 Å². The van der Waals surface area contributed by atoms with Gasteiger partial charge in [-0.25, -0.2) is 0 Å². The summed E-state index contributed by atoms with van der Waals surface area (Å²) in [5, 5.41) is 26.9. The number of hydrogen-bond acceptors (Lipinski definition) is 8. The number of para-hydroxylation sites is 1. The Labute approximate surface area is 169 Å². The number of nitrogens with zero attached hydrogens (tertiary/aromatic N) is 4. The fraction of sp³-hybridized carbons (Fsp3) is 0.350. The second-order valence-corrected chi connectivity index (χ2v) is 6.18. The minimum absolute atomic E-state index is 0.146. The maximum absolute atomic E-state index is 8.76. The minimum atomic E-state index is 0.146. The molecule has 154 valence electrons. The SMILES string of the molecule is CCOc1cc(CNCCNCCO)ccc1Oc1nnnn1-c1ccccc1. The summed E-state index contributed by atoms with van der Waals surface area (Å²) in [6.07, 6.45) is 0. The van der Waals surface area contributed by atoms with Gasteiger partial charge < -0.3 is 25.2 Å². The van der Waals surface area contributed by atoms with Crippen LogP contribution in [-0.2, 0) is 6.54 Å². The smallest absolute Gasteiger partial charge is 0.346 e. The van der Waals surface area contributed by atoms with Crippen molar-refractivity contribution in [2.24, 2.45) is 0 Å². The van der Waals surface area contributed by atoms with Crippen LogP contribution in [0.5, 0.6) is 17.5 Å². The van der Waals surface area contributed by atoms with Crippen molar-refractivity contribution in [3.8, 4) is 23.2 Å². The van der Waals surface area contributed by atoms with E-state index in [0.29, 0.717) is 31.2 Å². The molecule has 0 aliphatic rings. The van der Waals surface area contributed by atoms with E-state index in [4.69, 9.17) is 14.6 Å². The molecule has 3 rings (SSSR count). The Balaban J connectivity index is 1.68. The highest BCUT2D eigenvalue weighted by Gasteiger charge is 2.14. The number of nitrogens with one attached hydrogen (secondary N) is 2. The average Bonchev–Trinajstić information content (AvgIpc) is 3.21. The number of hydrogen-bond donors (Lipinski definition) is 3. The zero-order valence-electron chi connectivity index (χ0n) is 16.4. The van der Waals surface area contributed by atoms with Crippen LogP contribution >= 0.6 is 0 Å². The topological polar surface area (TPSA) is 106 Å². The summed E-state index contributed by atoms with van der Waals surface area (Å²) < 4.78 is 13.3. The van der Waals surface area contributed by atoms with Crippen LogP contribution in [0.1, 0.15) is 12.5 Å². The number of ether oxygens (including phenoxy) is 2. The van der Waals surface area contributed by atoms with E-state index in [9.17, 15) is 0 Å². The lowest BCUT2D eigenvalue weighted by atomic mass is 10.2. The van der Waals surface area contributed by atoms with Gasteiger partial charge in [-0.2, -0.15) is 4.68 Å². The summed E-state index contributed by atoms with van der Waals surface area (Å²) in [6, 6.07) is 15.6. The second kappa shape index (κ2) is 11.1. The quantitative estimate of drug-likeness (QED) is 0.394. The van der Waals surface area contributed by atoms with Gasteiger partial charge in [0, 0.05) is 26.2 Å². The molecule has 0 aliphatic carbocycles. The monoisotopic (exact) mass is 398 g/mol. The lowest BCUT2D eigenvalue weighted by molar-refractivity contribution is 0.292. The summed E-state index contributed by atoms with van der Waals surface area (Å²) in [5.74, 6) is 1.18. The number of tetrazole rings is 1. The standard InChI is InChI=1S/C20H26N6O3/c1-2-28-19-14-16(15-22-11-10-21-12-13-27)8-9-18(19)29-20-23-24-25-26(20)17-6-4-3-5-7-17/h3-9,14,21-22,27H,2,10-13,15H2,1H3. The van der Waals surface area contributed by atoms with Crippen molar-refractivity contribution in [3.05, 3.63) is 54.1 Å². The van der Waals surface area contributed by atoms with Crippen molar-refractivity contribution < 1.29 is 14.6 Å². The fourth-order valence-electron chi connectivity index (χ4n) is 2.70. The van der Waals surface area contributed by atoms with E-state index >= 15 is 0 Å². The first-order chi connectivity index (χ1) is 14.3. The first-order valence-electron chi connectivity index (χ1n) is 9.61. The van der Waals surface area contributed by atoms with Gasteiger partial charge in [0.05, 0.1) is 18.9 Å². The van der Waals surface area contributed by atoms with Crippen molar-refractivity contribution in [3.63, 3.8) is 0 Å². The van der Waals surface area contributed by atoms with E-state index in [2.05, 4.69) is 26.2 Å². The molecule has 9 nitrogen and oxygen atoms in total. The highest BCUT2D eigenvalue weighted by molar-refractivity contribution is 5.44. The Morgan fingerprint density at radius 3 is 2.62 bits per heavy atom. The Morgan fingerprint density at radius 1 is 1.00 bits per heavy atom. The number of aliphatic hydroxyl groups excluding tert-OH is 1. The van der Waals surface area contributed by atoms with Gasteiger partial charge >= 0.3 is 6.01 Å². The Bertz CT molecular complexity index is 872. The molecule has 0 aliphatic heterocycles. The largest absolute Gasteiger partial charge is 0.490 e. The zero-order valence-corrected chi connectivity index (χ0v) is 16.4. The Hall–Kier alpha value is -3.01. The first-order valence-corrected chi connectivity index (χ1v) is 9.61. The molecule has 0 saturated heterocycles. The van der Waals surface area contributed by atoms with Gasteiger partial charge in [-0.3, -0.25) is 0 Å². The van der Waals surface area contributed by atoms with Crippen molar-refractivity contribution in [1.29, 1.82) is 0 Å². The normalized spacial score (nSPS) is 10.8. The molecular weight excluding hydrogens is 372 g/mol. The van der Waals surface area contributed by atoms with Crippen LogP contribution in [0.15, 0.2) is 48.5 Å². The molecule has 0 saturated carbocycles. The number of aromatic nitrogens is 4. The molecule has 3 aromatic rings. The minimum Gasteiger partial charge on any atom is -0.490 e. The molecule has 0 spiro atoms. The third kappa shape index (κ3) is 5.98. The third-order valence-electron chi connectivity index (χ3n) is 4.05. The zero-order chi connectivity index (χ0) is 20.3. The fourth-order valence-corrected chi connectivity index (χ4v) is 2.70. The second-order valence-electron chi connectivity index (χ2n) is 6.18. The highest BCUT2D eigenvalue weighted by Crippen LogP contribution is 2.32. The van der Waals surface area contributed by atoms with Gasteiger partial charge in [0.15, 0.2) is 11.5 Å². The van der Waals surface area contributed by atoms with Gasteiger partial charge in [0.25, 0.3) is 0 Å². The molecule has 0 bridgehead atoms. The van der Waals surface area contributed by atoms with Crippen LogP contribution in [0.3, 0.4) is 0 Å². The first kappa shape index (κ1) is 20.7. The van der Waals surface area contributed by atoms with Gasteiger partial charge in [-0.05, 0) is 47.2 Å². The molecule has 1 aromatic heterocycles. The van der Waals surface area contributed by atoms with Gasteiger partial charge in [0.2, 0.25) is 0 Å². The highest BCUT2D eigenvalue weighted by atomic mass is 16.5. The molecule has 0 amide bonds. The molecular formula is C20H26N6O3. The van der Waals surface area contributed by atoms with Crippen molar-refractivity contribution >= 4 is 0 Å². The molecule has 0 fully saturated rings. The molecule has 9 heteroatoms. The van der Waals surface area contributed by atoms with Crippen molar-refractivity contribution in [2.45, 2.75) is 13.5 Å². The van der Waals surface area contributed by atoms with E-state index in [1.807, 2.05) is 55.5 Å². The maximum atomic E-state index is 8.76. The van der Waals surface area contributed by atoms with E-state index in [-0.39, 0.29) is 12.6 Å². The summed E-state index contributed by atoms with van der Waals surface area (Å²) >= 11 is 0. The number of benzene rings is 2. The summed E-state index contributed by atoms with van der Waals surface area (Å²) in [5.41, 5.74) is 1.88. The summed E-state index contributed by atoms with van der Waals surface area (Å²) in [6.45, 7) is 5.48. The van der Waals surface area contributed by atoms with Crippen LogP contribution in [0.2, 0.25) is 0 Å². The predicted molar refractivity (Wildman–Crippen MR) is 109 cm³/mol. The van der Waals surface area contributed by atoms with E-state index in [1.54, 1.807) is 0 Å². The Kier molecular flexibility index (Phi) is 7.93. The molecule has 0 atom stereocenters. The average molecular weight is 398 g/mol. The molecule has 29 heavy (non-hydrogen) atoms. The van der Waals surface area contributed by atoms with Crippen LogP contribution in [0.4, 0.5) is 0 Å². The van der Waals surface area contributed by atoms with Crippen LogP contribution in [0, 0.1) is 0 Å². The molecule has 0 radical (unpaired) electrons. The molecule has 3 N–H and O–H groups in total. The van der Waals surface area contributed by atoms with Crippen LogP contribution < -0.4 is 20.1 Å². The summed E-state index contributed by atoms with van der Waals surface area (Å²) in [4.78, 5) is 0. The van der Waals surface area contributed by atoms with Crippen LogP contribution in [-0.4, -0.2) is 58.2 Å². The van der Waals surface area contributed by atoms with Gasteiger partial charge in [-0.1, -0.05) is 29.4 Å². The lowest BCUT2D eigenvalue weighted by Crippen LogP contribution is -2.28. The Morgan fingerprint density at radius 2 is 1.83 bits per heavy atom. The molecule has 0 unspecified atom stereocenters. The van der Waals surface area contributed by atoms with Gasteiger partial charge in [-0.15, -0.1) is 0 Å². The van der Waals surface area contributed by atoms with Crippen molar-refractivity contribution in [1.82, 2.24) is 30.8 Å². The molecule has 1 heterocycles. The number of aliphatic hydroxyl groups is 1.